The third-order valence-corrected chi connectivity index (χ3v) is 3.05. The molecule has 14 heavy (non-hydrogen) atoms. The number of halogens is 2. The number of benzene rings is 1. The summed E-state index contributed by atoms with van der Waals surface area (Å²) >= 11 is 0. The Balaban J connectivity index is 3.51. The molecule has 1 aromatic rings. The van der Waals surface area contributed by atoms with E-state index >= 15 is 0 Å². The minimum absolute atomic E-state index is 0.0944. The summed E-state index contributed by atoms with van der Waals surface area (Å²) in [6, 6.07) is 2.13. The van der Waals surface area contributed by atoms with Crippen molar-refractivity contribution in [3.63, 3.8) is 0 Å². The van der Waals surface area contributed by atoms with Crippen molar-refractivity contribution in [2.45, 2.75) is 11.8 Å². The van der Waals surface area contributed by atoms with Gasteiger partial charge in [0.15, 0.2) is 0 Å². The summed E-state index contributed by atoms with van der Waals surface area (Å²) < 4.78 is 39.8. The molecule has 0 atom stereocenters. The molecule has 0 saturated heterocycles. The van der Waals surface area contributed by atoms with Crippen molar-refractivity contribution in [3.05, 3.63) is 23.5 Å². The van der Waals surface area contributed by atoms with E-state index in [1.165, 1.54) is 14.0 Å². The lowest BCUT2D eigenvalue weighted by Crippen LogP contribution is -1.98. The van der Waals surface area contributed by atoms with Gasteiger partial charge in [-0.25, -0.2) is 12.8 Å². The Hall–Kier alpha value is -0.810. The SMILES string of the molecule is COc1cc(F)c(C)cc1S(=O)(=O)Cl. The molecule has 0 aliphatic heterocycles. The van der Waals surface area contributed by atoms with Crippen LogP contribution < -0.4 is 4.74 Å². The zero-order valence-electron chi connectivity index (χ0n) is 7.54. The van der Waals surface area contributed by atoms with E-state index in [9.17, 15) is 12.8 Å². The van der Waals surface area contributed by atoms with Gasteiger partial charge in [-0.05, 0) is 18.6 Å². The molecule has 0 saturated carbocycles. The van der Waals surface area contributed by atoms with Gasteiger partial charge in [-0.2, -0.15) is 0 Å². The molecule has 0 aliphatic rings. The lowest BCUT2D eigenvalue weighted by Gasteiger charge is -2.06. The normalized spacial score (nSPS) is 11.4. The third-order valence-electron chi connectivity index (χ3n) is 1.71. The quantitative estimate of drug-likeness (QED) is 0.741. The molecule has 3 nitrogen and oxygen atoms in total. The van der Waals surface area contributed by atoms with Crippen LogP contribution in [0.2, 0.25) is 0 Å². The van der Waals surface area contributed by atoms with Crippen LogP contribution in [-0.2, 0) is 9.05 Å². The average molecular weight is 239 g/mol. The van der Waals surface area contributed by atoms with Crippen molar-refractivity contribution in [1.29, 1.82) is 0 Å². The number of rotatable bonds is 2. The predicted octanol–water partition coefficient (Wildman–Crippen LogP) is 2.07. The molecule has 0 N–H and O–H groups in total. The van der Waals surface area contributed by atoms with Crippen molar-refractivity contribution < 1.29 is 17.5 Å². The second-order valence-electron chi connectivity index (χ2n) is 2.69. The van der Waals surface area contributed by atoms with Gasteiger partial charge in [-0.1, -0.05) is 0 Å². The van der Waals surface area contributed by atoms with E-state index in [1.807, 2.05) is 0 Å². The first-order valence-electron chi connectivity index (χ1n) is 3.65. The molecule has 0 aliphatic carbocycles. The zero-order chi connectivity index (χ0) is 10.9. The van der Waals surface area contributed by atoms with E-state index in [1.54, 1.807) is 0 Å². The Morgan fingerprint density at radius 3 is 2.43 bits per heavy atom. The highest BCUT2D eigenvalue weighted by atomic mass is 35.7. The third kappa shape index (κ3) is 2.16. The maximum atomic E-state index is 13.0. The Morgan fingerprint density at radius 2 is 2.00 bits per heavy atom. The zero-order valence-corrected chi connectivity index (χ0v) is 9.12. The van der Waals surface area contributed by atoms with Gasteiger partial charge in [-0.3, -0.25) is 0 Å². The Morgan fingerprint density at radius 1 is 1.43 bits per heavy atom. The molecule has 6 heteroatoms. The highest BCUT2D eigenvalue weighted by Crippen LogP contribution is 2.29. The lowest BCUT2D eigenvalue weighted by atomic mass is 10.2. The summed E-state index contributed by atoms with van der Waals surface area (Å²) in [5.74, 6) is -0.631. The molecule has 0 radical (unpaired) electrons. The molecule has 78 valence electrons. The maximum absolute atomic E-state index is 13.0. The van der Waals surface area contributed by atoms with Gasteiger partial charge >= 0.3 is 0 Å². The largest absolute Gasteiger partial charge is 0.495 e. The fourth-order valence-electron chi connectivity index (χ4n) is 0.987. The molecule has 0 unspecified atom stereocenters. The Labute approximate surface area is 85.9 Å². The van der Waals surface area contributed by atoms with E-state index in [2.05, 4.69) is 0 Å². The second kappa shape index (κ2) is 3.74. The van der Waals surface area contributed by atoms with Gasteiger partial charge in [0.2, 0.25) is 0 Å². The van der Waals surface area contributed by atoms with E-state index < -0.39 is 14.9 Å². The summed E-state index contributed by atoms with van der Waals surface area (Å²) in [6.45, 7) is 1.44. The number of ether oxygens (including phenoxy) is 1. The van der Waals surface area contributed by atoms with Gasteiger partial charge in [0.1, 0.15) is 16.5 Å². The molecule has 1 rings (SSSR count). The molecule has 0 aromatic heterocycles. The molecule has 0 fully saturated rings. The van der Waals surface area contributed by atoms with E-state index in [-0.39, 0.29) is 16.2 Å². The lowest BCUT2D eigenvalue weighted by molar-refractivity contribution is 0.399. The van der Waals surface area contributed by atoms with Crippen molar-refractivity contribution in [2.24, 2.45) is 0 Å². The van der Waals surface area contributed by atoms with Crippen LogP contribution in [0.5, 0.6) is 5.75 Å². The summed E-state index contributed by atoms with van der Waals surface area (Å²) in [5.41, 5.74) is 0.199. The molecule has 0 heterocycles. The first-order valence-corrected chi connectivity index (χ1v) is 5.96. The van der Waals surface area contributed by atoms with Gasteiger partial charge in [0.05, 0.1) is 7.11 Å². The van der Waals surface area contributed by atoms with E-state index in [0.717, 1.165) is 12.1 Å². The summed E-state index contributed by atoms with van der Waals surface area (Å²) in [4.78, 5) is -0.222. The fraction of sp³-hybridized carbons (Fsp3) is 0.250. The monoisotopic (exact) mass is 238 g/mol. The van der Waals surface area contributed by atoms with Gasteiger partial charge in [-0.15, -0.1) is 0 Å². The number of methoxy groups -OCH3 is 1. The standard InChI is InChI=1S/C8H8ClFO3S/c1-5-3-8(14(9,11)12)7(13-2)4-6(5)10/h3-4H,1-2H3. The second-order valence-corrected chi connectivity index (χ2v) is 5.22. The van der Waals surface area contributed by atoms with Crippen LogP contribution in [-0.4, -0.2) is 15.5 Å². The fourth-order valence-corrected chi connectivity index (χ4v) is 2.05. The smallest absolute Gasteiger partial charge is 0.264 e. The van der Waals surface area contributed by atoms with Crippen LogP contribution in [0, 0.1) is 12.7 Å². The minimum atomic E-state index is -3.90. The van der Waals surface area contributed by atoms with Crippen molar-refractivity contribution in [1.82, 2.24) is 0 Å². The van der Waals surface area contributed by atoms with Crippen LogP contribution >= 0.6 is 10.7 Å². The molecule has 0 spiro atoms. The molecule has 0 amide bonds. The first-order chi connectivity index (χ1) is 6.36. The summed E-state index contributed by atoms with van der Waals surface area (Å²) in [6.07, 6.45) is 0. The molecular formula is C8H8ClFO3S. The Kier molecular flexibility index (Phi) is 3.01. The van der Waals surface area contributed by atoms with Crippen molar-refractivity contribution >= 4 is 19.7 Å². The summed E-state index contributed by atoms with van der Waals surface area (Å²) in [7, 11) is 2.48. The van der Waals surface area contributed by atoms with Crippen molar-refractivity contribution in [2.75, 3.05) is 7.11 Å². The molecule has 1 aromatic carbocycles. The van der Waals surface area contributed by atoms with Gasteiger partial charge < -0.3 is 4.74 Å². The number of hydrogen-bond acceptors (Lipinski definition) is 3. The van der Waals surface area contributed by atoms with Crippen LogP contribution in [0.25, 0.3) is 0 Å². The highest BCUT2D eigenvalue weighted by Gasteiger charge is 2.18. The summed E-state index contributed by atoms with van der Waals surface area (Å²) in [5, 5.41) is 0. The highest BCUT2D eigenvalue weighted by molar-refractivity contribution is 8.13. The van der Waals surface area contributed by atoms with E-state index in [0.29, 0.717) is 0 Å². The van der Waals surface area contributed by atoms with Crippen LogP contribution in [0.1, 0.15) is 5.56 Å². The average Bonchev–Trinajstić information content (AvgIpc) is 2.07. The van der Waals surface area contributed by atoms with Gasteiger partial charge in [0.25, 0.3) is 9.05 Å². The number of hydrogen-bond donors (Lipinski definition) is 0. The van der Waals surface area contributed by atoms with Crippen LogP contribution in [0.15, 0.2) is 17.0 Å². The first kappa shape index (κ1) is 11.3. The van der Waals surface area contributed by atoms with Crippen LogP contribution in [0.4, 0.5) is 4.39 Å². The maximum Gasteiger partial charge on any atom is 0.264 e. The number of aryl methyl sites for hydroxylation is 1. The van der Waals surface area contributed by atoms with E-state index in [4.69, 9.17) is 15.4 Å². The minimum Gasteiger partial charge on any atom is -0.495 e. The Bertz CT molecular complexity index is 456. The van der Waals surface area contributed by atoms with Crippen molar-refractivity contribution in [3.8, 4) is 5.75 Å². The molecule has 0 bridgehead atoms. The molecular weight excluding hydrogens is 231 g/mol. The predicted molar refractivity (Wildman–Crippen MR) is 50.7 cm³/mol. The van der Waals surface area contributed by atoms with Gasteiger partial charge in [0, 0.05) is 16.7 Å². The van der Waals surface area contributed by atoms with Crippen LogP contribution in [0.3, 0.4) is 0 Å². The topological polar surface area (TPSA) is 43.4 Å².